The van der Waals surface area contributed by atoms with E-state index in [-0.39, 0.29) is 0 Å². The lowest BCUT2D eigenvalue weighted by atomic mass is 10.2. The molecule has 0 fully saturated rings. The Balaban J connectivity index is 3.44. The second-order valence-corrected chi connectivity index (χ2v) is 5.22. The van der Waals surface area contributed by atoms with Gasteiger partial charge in [-0.2, -0.15) is 0 Å². The van der Waals surface area contributed by atoms with Gasteiger partial charge in [-0.05, 0) is 18.6 Å². The minimum Gasteiger partial charge on any atom is -0.478 e. The fourth-order valence-corrected chi connectivity index (χ4v) is 2.45. The molecule has 1 rings (SSSR count). The molecule has 0 saturated heterocycles. The van der Waals surface area contributed by atoms with Gasteiger partial charge in [0.15, 0.2) is 0 Å². The molecule has 18 heavy (non-hydrogen) atoms. The summed E-state index contributed by atoms with van der Waals surface area (Å²) in [4.78, 5) is 19.6. The van der Waals surface area contributed by atoms with Crippen molar-refractivity contribution in [1.82, 2.24) is 0 Å². The van der Waals surface area contributed by atoms with Crippen LogP contribution in [0, 0.1) is 17.0 Å². The lowest BCUT2D eigenvalue weighted by Crippen LogP contribution is -2.03. The molecule has 1 aromatic rings. The number of sulfone groups is 1. The number of carboxylic acids is 1. The smallest absolute Gasteiger partial charge is 0.329 e. The number of rotatable bonds is 4. The quantitative estimate of drug-likeness (QED) is 0.501. The van der Waals surface area contributed by atoms with Gasteiger partial charge in [0, 0.05) is 17.6 Å². The highest BCUT2D eigenvalue weighted by atomic mass is 32.2. The van der Waals surface area contributed by atoms with Gasteiger partial charge in [-0.25, -0.2) is 13.2 Å². The molecule has 1 N–H and O–H groups in total. The minimum atomic E-state index is -4.16. The van der Waals surface area contributed by atoms with Crippen molar-refractivity contribution in [3.05, 3.63) is 45.4 Å². The number of nitro groups is 1. The molecule has 0 aliphatic carbocycles. The van der Waals surface area contributed by atoms with Crippen molar-refractivity contribution in [1.29, 1.82) is 0 Å². The molecule has 0 radical (unpaired) electrons. The number of aliphatic carboxylic acids is 1. The Labute approximate surface area is 102 Å². The van der Waals surface area contributed by atoms with Crippen molar-refractivity contribution >= 4 is 21.5 Å². The Morgan fingerprint density at radius 2 is 2.06 bits per heavy atom. The number of nitrogens with zero attached hydrogens (tertiary/aromatic N) is 1. The molecule has 0 amide bonds. The highest BCUT2D eigenvalue weighted by Crippen LogP contribution is 2.26. The lowest BCUT2D eigenvalue weighted by molar-refractivity contribution is -0.387. The van der Waals surface area contributed by atoms with Crippen molar-refractivity contribution in [3.8, 4) is 0 Å². The van der Waals surface area contributed by atoms with E-state index in [1.165, 1.54) is 6.07 Å². The molecule has 0 aliphatic heterocycles. The van der Waals surface area contributed by atoms with Crippen LogP contribution in [0.5, 0.6) is 0 Å². The van der Waals surface area contributed by atoms with E-state index in [0.717, 1.165) is 12.1 Å². The molecule has 0 bridgehead atoms. The third kappa shape index (κ3) is 3.14. The van der Waals surface area contributed by atoms with Crippen LogP contribution in [0.4, 0.5) is 5.69 Å². The summed E-state index contributed by atoms with van der Waals surface area (Å²) in [6.45, 7) is 1.57. The van der Waals surface area contributed by atoms with Gasteiger partial charge in [-0.15, -0.1) is 0 Å². The third-order valence-corrected chi connectivity index (χ3v) is 3.44. The molecular weight excluding hydrogens is 262 g/mol. The lowest BCUT2D eigenvalue weighted by Gasteiger charge is -2.02. The molecule has 8 heteroatoms. The number of aryl methyl sites for hydroxylation is 1. The molecule has 0 unspecified atom stereocenters. The van der Waals surface area contributed by atoms with Crippen molar-refractivity contribution in [3.63, 3.8) is 0 Å². The zero-order valence-electron chi connectivity index (χ0n) is 9.23. The normalized spacial score (nSPS) is 11.6. The summed E-state index contributed by atoms with van der Waals surface area (Å²) in [6, 6.07) is 3.59. The number of hydrogen-bond donors (Lipinski definition) is 1. The largest absolute Gasteiger partial charge is 0.478 e. The van der Waals surface area contributed by atoms with Crippen LogP contribution in [0.2, 0.25) is 0 Å². The molecule has 1 aromatic carbocycles. The molecule has 0 aliphatic rings. The first kappa shape index (κ1) is 13.8. The highest BCUT2D eigenvalue weighted by molar-refractivity contribution is 7.94. The molecule has 96 valence electrons. The zero-order valence-corrected chi connectivity index (χ0v) is 10.0. The molecule has 0 saturated carbocycles. The van der Waals surface area contributed by atoms with Crippen LogP contribution < -0.4 is 0 Å². The van der Waals surface area contributed by atoms with Gasteiger partial charge in [0.25, 0.3) is 5.69 Å². The fraction of sp³-hybridized carbons (Fsp3) is 0.100. The molecule has 0 heterocycles. The third-order valence-electron chi connectivity index (χ3n) is 2.01. The Kier molecular flexibility index (Phi) is 3.82. The predicted octanol–water partition coefficient (Wildman–Crippen LogP) is 1.28. The van der Waals surface area contributed by atoms with Gasteiger partial charge >= 0.3 is 5.97 Å². The summed E-state index contributed by atoms with van der Waals surface area (Å²) in [7, 11) is -4.16. The van der Waals surface area contributed by atoms with Gasteiger partial charge in [-0.3, -0.25) is 10.1 Å². The first-order valence-corrected chi connectivity index (χ1v) is 6.20. The summed E-state index contributed by atoms with van der Waals surface area (Å²) in [6.07, 6.45) is 0.418. The SMILES string of the molecule is Cc1ccc([N+](=O)[O-])c(S(=O)(=O)C=CC(=O)O)c1. The average Bonchev–Trinajstić information content (AvgIpc) is 2.26. The van der Waals surface area contributed by atoms with E-state index in [1.54, 1.807) is 6.92 Å². The summed E-state index contributed by atoms with van der Waals surface area (Å²) < 4.78 is 23.5. The molecule has 0 spiro atoms. The highest BCUT2D eigenvalue weighted by Gasteiger charge is 2.23. The summed E-state index contributed by atoms with van der Waals surface area (Å²) in [5.41, 5.74) is -0.0708. The van der Waals surface area contributed by atoms with Gasteiger partial charge in [0.1, 0.15) is 4.90 Å². The Bertz CT molecular complexity index is 632. The fourth-order valence-electron chi connectivity index (χ4n) is 1.22. The van der Waals surface area contributed by atoms with Crippen molar-refractivity contribution in [2.45, 2.75) is 11.8 Å². The standard InChI is InChI=1S/C10H9NO6S/c1-7-2-3-8(11(14)15)9(6-7)18(16,17)5-4-10(12)13/h2-6H,1H3,(H,12,13). The van der Waals surface area contributed by atoms with Crippen LogP contribution >= 0.6 is 0 Å². The first-order valence-electron chi connectivity index (χ1n) is 4.65. The second-order valence-electron chi connectivity index (χ2n) is 3.41. The summed E-state index contributed by atoms with van der Waals surface area (Å²) in [5, 5.41) is 19.5. The maximum absolute atomic E-state index is 11.8. The monoisotopic (exact) mass is 271 g/mol. The molecular formula is C10H9NO6S. The topological polar surface area (TPSA) is 115 Å². The summed E-state index contributed by atoms with van der Waals surface area (Å²) >= 11 is 0. The van der Waals surface area contributed by atoms with Crippen LogP contribution in [-0.4, -0.2) is 24.4 Å². The van der Waals surface area contributed by atoms with E-state index in [1.807, 2.05) is 0 Å². The second kappa shape index (κ2) is 4.96. The van der Waals surface area contributed by atoms with Crippen molar-refractivity contribution < 1.29 is 23.2 Å². The van der Waals surface area contributed by atoms with Crippen molar-refractivity contribution in [2.75, 3.05) is 0 Å². The van der Waals surface area contributed by atoms with Gasteiger partial charge in [0.05, 0.1) is 4.92 Å². The van der Waals surface area contributed by atoms with Crippen LogP contribution in [0.3, 0.4) is 0 Å². The number of hydrogen-bond acceptors (Lipinski definition) is 5. The molecule has 0 atom stereocenters. The van der Waals surface area contributed by atoms with E-state index in [9.17, 15) is 23.3 Å². The Hall–Kier alpha value is -2.22. The van der Waals surface area contributed by atoms with Gasteiger partial charge in [-0.1, -0.05) is 6.07 Å². The van der Waals surface area contributed by atoms with Gasteiger partial charge in [0.2, 0.25) is 9.84 Å². The zero-order chi connectivity index (χ0) is 13.9. The first-order chi connectivity index (χ1) is 8.24. The number of nitro benzene ring substituents is 1. The van der Waals surface area contributed by atoms with E-state index in [0.29, 0.717) is 17.0 Å². The number of benzene rings is 1. The van der Waals surface area contributed by atoms with Gasteiger partial charge < -0.3 is 5.11 Å². The van der Waals surface area contributed by atoms with Crippen LogP contribution in [0.15, 0.2) is 34.6 Å². The van der Waals surface area contributed by atoms with Crippen molar-refractivity contribution in [2.24, 2.45) is 0 Å². The average molecular weight is 271 g/mol. The number of carbonyl (C=O) groups is 1. The van der Waals surface area contributed by atoms with Crippen LogP contribution in [0.1, 0.15) is 5.56 Å². The van der Waals surface area contributed by atoms with Crippen LogP contribution in [0.25, 0.3) is 0 Å². The van der Waals surface area contributed by atoms with E-state index < -0.39 is 31.3 Å². The predicted molar refractivity (Wildman–Crippen MR) is 61.8 cm³/mol. The maximum atomic E-state index is 11.8. The minimum absolute atomic E-state index is 0.418. The molecule has 0 aromatic heterocycles. The van der Waals surface area contributed by atoms with Crippen LogP contribution in [-0.2, 0) is 14.6 Å². The maximum Gasteiger partial charge on any atom is 0.329 e. The van der Waals surface area contributed by atoms with E-state index in [4.69, 9.17) is 5.11 Å². The number of carboxylic acid groups (broad SMARTS) is 1. The van der Waals surface area contributed by atoms with E-state index >= 15 is 0 Å². The van der Waals surface area contributed by atoms with E-state index in [2.05, 4.69) is 0 Å². The Morgan fingerprint density at radius 1 is 1.44 bits per heavy atom. The summed E-state index contributed by atoms with van der Waals surface area (Å²) in [5.74, 6) is -1.45. The Morgan fingerprint density at radius 3 is 2.56 bits per heavy atom. The molecule has 7 nitrogen and oxygen atoms in total.